The van der Waals surface area contributed by atoms with E-state index in [-0.39, 0.29) is 10.8 Å². The Kier molecular flexibility index (Phi) is 5.80. The second kappa shape index (κ2) is 9.41. The van der Waals surface area contributed by atoms with Crippen molar-refractivity contribution in [1.29, 1.82) is 5.26 Å². The van der Waals surface area contributed by atoms with Gasteiger partial charge in [0.05, 0.1) is 43.2 Å². The molecule has 0 N–H and O–H groups in total. The smallest absolute Gasteiger partial charge is 0.393 e. The average molecular weight is 589 g/mol. The van der Waals surface area contributed by atoms with Gasteiger partial charge in [0.25, 0.3) is 0 Å². The molecule has 3 aromatic rings. The SMILES string of the molecule is COc1cc(-c2cc(-c3nc(C45CC6CC(CC(C6)C4)C5)cc(C45CC6CC(CC(C6)C4)C5)n3)cc(C#N)c2C)n(C)[n+]1C. The van der Waals surface area contributed by atoms with Crippen molar-refractivity contribution in [2.45, 2.75) is 94.8 Å². The van der Waals surface area contributed by atoms with Gasteiger partial charge in [0, 0.05) is 22.0 Å². The molecule has 0 spiro atoms. The number of hydrogen-bond donors (Lipinski definition) is 0. The average Bonchev–Trinajstić information content (AvgIpc) is 3.28. The highest BCUT2D eigenvalue weighted by molar-refractivity contribution is 5.75. The van der Waals surface area contributed by atoms with E-state index in [4.69, 9.17) is 14.7 Å². The van der Waals surface area contributed by atoms with E-state index < -0.39 is 0 Å². The second-order valence-corrected chi connectivity index (χ2v) is 16.3. The molecule has 44 heavy (non-hydrogen) atoms. The fourth-order valence-corrected chi connectivity index (χ4v) is 12.3. The number of methoxy groups -OCH3 is 1. The van der Waals surface area contributed by atoms with Crippen LogP contribution in [0.2, 0.25) is 0 Å². The van der Waals surface area contributed by atoms with Crippen molar-refractivity contribution in [2.24, 2.45) is 49.6 Å². The van der Waals surface area contributed by atoms with Crippen molar-refractivity contribution in [3.05, 3.63) is 46.8 Å². The second-order valence-electron chi connectivity index (χ2n) is 16.3. The fraction of sp³-hybridized carbons (Fsp3) is 0.632. The summed E-state index contributed by atoms with van der Waals surface area (Å²) in [6, 6.07) is 11.4. The van der Waals surface area contributed by atoms with Gasteiger partial charge in [0.2, 0.25) is 0 Å². The summed E-state index contributed by atoms with van der Waals surface area (Å²) < 4.78 is 9.76. The van der Waals surface area contributed by atoms with Crippen LogP contribution in [0.15, 0.2) is 24.3 Å². The predicted octanol–water partition coefficient (Wildman–Crippen LogP) is 7.10. The Labute approximate surface area is 261 Å². The Morgan fingerprint density at radius 2 is 1.27 bits per heavy atom. The Morgan fingerprint density at radius 1 is 0.795 bits per heavy atom. The van der Waals surface area contributed by atoms with Crippen LogP contribution in [0.1, 0.15) is 99.6 Å². The molecule has 8 aliphatic carbocycles. The zero-order chi connectivity index (χ0) is 30.0. The van der Waals surface area contributed by atoms with Crippen LogP contribution in [0.25, 0.3) is 22.6 Å². The molecule has 2 heterocycles. The molecule has 0 radical (unpaired) electrons. The molecule has 11 rings (SSSR count). The molecule has 0 saturated heterocycles. The van der Waals surface area contributed by atoms with Gasteiger partial charge in [0.1, 0.15) is 5.69 Å². The van der Waals surface area contributed by atoms with Gasteiger partial charge in [-0.25, -0.2) is 9.97 Å². The lowest BCUT2D eigenvalue weighted by Gasteiger charge is -2.58. The molecule has 1 aromatic carbocycles. The van der Waals surface area contributed by atoms with E-state index in [0.29, 0.717) is 5.56 Å². The van der Waals surface area contributed by atoms with Crippen molar-refractivity contribution in [1.82, 2.24) is 14.6 Å². The maximum Gasteiger partial charge on any atom is 0.393 e. The number of rotatable bonds is 5. The molecule has 0 atom stereocenters. The first-order chi connectivity index (χ1) is 21.2. The maximum atomic E-state index is 10.3. The minimum atomic E-state index is 0.203. The van der Waals surface area contributed by atoms with Gasteiger partial charge < -0.3 is 4.74 Å². The maximum absolute atomic E-state index is 10.3. The van der Waals surface area contributed by atoms with E-state index in [0.717, 1.165) is 69.6 Å². The number of benzene rings is 1. The highest BCUT2D eigenvalue weighted by atomic mass is 16.5. The van der Waals surface area contributed by atoms with E-state index in [1.165, 1.54) is 88.4 Å². The van der Waals surface area contributed by atoms with E-state index >= 15 is 0 Å². The van der Waals surface area contributed by atoms with Crippen LogP contribution < -0.4 is 9.42 Å². The van der Waals surface area contributed by atoms with Gasteiger partial charge in [0.15, 0.2) is 12.9 Å². The molecule has 0 unspecified atom stereocenters. The molecule has 8 saturated carbocycles. The Bertz CT molecular complexity index is 1590. The Balaban J connectivity index is 1.24. The quantitative estimate of drug-likeness (QED) is 0.298. The summed E-state index contributed by atoms with van der Waals surface area (Å²) in [7, 11) is 5.76. The summed E-state index contributed by atoms with van der Waals surface area (Å²) in [6.07, 6.45) is 16.4. The van der Waals surface area contributed by atoms with Crippen LogP contribution >= 0.6 is 0 Å². The highest BCUT2D eigenvalue weighted by Crippen LogP contribution is 2.63. The predicted molar refractivity (Wildman–Crippen MR) is 169 cm³/mol. The lowest BCUT2D eigenvalue weighted by Crippen LogP contribution is -2.50. The van der Waals surface area contributed by atoms with Crippen molar-refractivity contribution >= 4 is 0 Å². The molecule has 228 valence electrons. The molecule has 8 fully saturated rings. The highest BCUT2D eigenvalue weighted by Gasteiger charge is 2.55. The minimum absolute atomic E-state index is 0.203. The number of ether oxygens (including phenoxy) is 1. The minimum Gasteiger partial charge on any atom is -0.446 e. The number of nitrogens with zero attached hydrogens (tertiary/aromatic N) is 5. The first kappa shape index (κ1) is 27.1. The lowest BCUT2D eigenvalue weighted by molar-refractivity contribution is -0.753. The van der Waals surface area contributed by atoms with E-state index in [2.05, 4.69) is 41.9 Å². The van der Waals surface area contributed by atoms with Gasteiger partial charge in [-0.05, 0) is 143 Å². The van der Waals surface area contributed by atoms with Crippen LogP contribution in [0, 0.1) is 53.8 Å². The molecule has 0 amide bonds. The zero-order valence-corrected chi connectivity index (χ0v) is 26.9. The lowest BCUT2D eigenvalue weighted by atomic mass is 9.47. The van der Waals surface area contributed by atoms with Crippen molar-refractivity contribution in [2.75, 3.05) is 7.11 Å². The normalized spacial score (nSPS) is 36.2. The third-order valence-electron chi connectivity index (χ3n) is 13.5. The summed E-state index contributed by atoms with van der Waals surface area (Å²) in [5.41, 5.74) is 7.80. The summed E-state index contributed by atoms with van der Waals surface area (Å²) >= 11 is 0. The number of aromatic nitrogens is 4. The van der Waals surface area contributed by atoms with Crippen molar-refractivity contribution in [3.8, 4) is 34.6 Å². The van der Waals surface area contributed by atoms with E-state index in [9.17, 15) is 5.26 Å². The largest absolute Gasteiger partial charge is 0.446 e. The van der Waals surface area contributed by atoms with Gasteiger partial charge in [-0.1, -0.05) is 4.68 Å². The topological polar surface area (TPSA) is 67.6 Å². The van der Waals surface area contributed by atoms with Crippen LogP contribution in [0.4, 0.5) is 0 Å². The molecule has 6 heteroatoms. The summed E-state index contributed by atoms with van der Waals surface area (Å²) in [6.45, 7) is 2.06. The standard InChI is InChI=1S/C38H46N5O/c1-22-30(21-39)11-29(12-31(22)32-13-35(44-4)43(3)42(32)2)36-40-33(37-15-23-5-24(16-37)7-25(6-23)17-37)14-34(41-36)38-18-26-8-27(19-38)10-28(9-26)20-38/h11-14,23-28H,5-10,15-20H2,1-4H3/q+1. The van der Waals surface area contributed by atoms with Crippen molar-refractivity contribution in [3.63, 3.8) is 0 Å². The van der Waals surface area contributed by atoms with E-state index in [1.807, 2.05) is 18.8 Å². The molecule has 2 aromatic heterocycles. The number of hydrogen-bond acceptors (Lipinski definition) is 4. The molecule has 6 nitrogen and oxygen atoms in total. The van der Waals surface area contributed by atoms with Gasteiger partial charge in [-0.2, -0.15) is 9.94 Å². The third-order valence-corrected chi connectivity index (χ3v) is 13.5. The van der Waals surface area contributed by atoms with Gasteiger partial charge in [-0.15, -0.1) is 0 Å². The summed E-state index contributed by atoms with van der Waals surface area (Å²) in [4.78, 5) is 11.1. The molecular weight excluding hydrogens is 542 g/mol. The Morgan fingerprint density at radius 3 is 1.68 bits per heavy atom. The molecular formula is C38H46N5O+. The zero-order valence-electron chi connectivity index (χ0n) is 26.9. The van der Waals surface area contributed by atoms with Crippen molar-refractivity contribution < 1.29 is 9.42 Å². The van der Waals surface area contributed by atoms with Crippen LogP contribution in [-0.4, -0.2) is 21.8 Å². The molecule has 8 bridgehead atoms. The first-order valence-corrected chi connectivity index (χ1v) is 17.3. The third kappa shape index (κ3) is 3.93. The monoisotopic (exact) mass is 588 g/mol. The molecule has 8 aliphatic rings. The van der Waals surface area contributed by atoms with Gasteiger partial charge in [-0.3, -0.25) is 0 Å². The van der Waals surface area contributed by atoms with Crippen LogP contribution in [-0.2, 0) is 24.9 Å². The summed E-state index contributed by atoms with van der Waals surface area (Å²) in [5.74, 6) is 6.83. The Hall–Kier alpha value is -3.20. The molecule has 0 aliphatic heterocycles. The van der Waals surface area contributed by atoms with Crippen LogP contribution in [0.3, 0.4) is 0 Å². The fourth-order valence-electron chi connectivity index (χ4n) is 12.3. The first-order valence-electron chi connectivity index (χ1n) is 17.3. The van der Waals surface area contributed by atoms with Gasteiger partial charge >= 0.3 is 5.88 Å². The summed E-state index contributed by atoms with van der Waals surface area (Å²) in [5, 5.41) is 10.3. The van der Waals surface area contributed by atoms with Crippen LogP contribution in [0.5, 0.6) is 5.88 Å². The number of nitriles is 1. The van der Waals surface area contributed by atoms with E-state index in [1.54, 1.807) is 7.11 Å².